The van der Waals surface area contributed by atoms with Gasteiger partial charge in [0.1, 0.15) is 0 Å². The largest absolute Gasteiger partial charge is 0.481 e. The number of aliphatic carboxylic acids is 6. The van der Waals surface area contributed by atoms with Crippen molar-refractivity contribution >= 4 is 35.8 Å². The van der Waals surface area contributed by atoms with Gasteiger partial charge < -0.3 is 30.6 Å². The van der Waals surface area contributed by atoms with Crippen LogP contribution in [0.1, 0.15) is 310 Å². The van der Waals surface area contributed by atoms with Crippen LogP contribution in [0.25, 0.3) is 0 Å². The van der Waals surface area contributed by atoms with Gasteiger partial charge in [-0.1, -0.05) is 132 Å². The summed E-state index contributed by atoms with van der Waals surface area (Å²) in [5.41, 5.74) is 14.0. The minimum atomic E-state index is -0.741. The van der Waals surface area contributed by atoms with Crippen LogP contribution in [-0.4, -0.2) is 66.5 Å². The van der Waals surface area contributed by atoms with E-state index in [0.717, 1.165) is 263 Å². The van der Waals surface area contributed by atoms with Crippen LogP contribution in [0.2, 0.25) is 0 Å². The fraction of sp³-hybridized carbons (Fsp3) is 0.707. The molecular formula is C82H118O12. The van der Waals surface area contributed by atoms with Crippen LogP contribution in [0.15, 0.2) is 30.3 Å². The number of hydrogen-bond acceptors (Lipinski definition) is 6. The van der Waals surface area contributed by atoms with E-state index in [4.69, 9.17) is 0 Å². The lowest BCUT2D eigenvalue weighted by Gasteiger charge is -2.20. The van der Waals surface area contributed by atoms with Gasteiger partial charge in [-0.15, -0.1) is 0 Å². The van der Waals surface area contributed by atoms with Crippen LogP contribution in [-0.2, 0) is 80.1 Å². The van der Waals surface area contributed by atoms with E-state index in [9.17, 15) is 59.4 Å². The molecule has 4 atom stereocenters. The summed E-state index contributed by atoms with van der Waals surface area (Å²) in [7, 11) is 0. The number of aryl methyl sites for hydroxylation is 5. The second kappa shape index (κ2) is 31.8. The number of benzene rings is 3. The molecule has 0 aromatic heterocycles. The molecule has 4 unspecified atom stereocenters. The summed E-state index contributed by atoms with van der Waals surface area (Å²) in [6.45, 7) is 11.0. The summed E-state index contributed by atoms with van der Waals surface area (Å²) in [5.74, 6) is -3.80. The molecule has 94 heavy (non-hydrogen) atoms. The SMILES string of the molecule is Cc1cc(CCCCCC2(C(=O)O)CC2)c(CCCCCCC2(C(=O)O)CC2)c(CC2CC2(CCCCCc2c(C)ccc(CC3CC3(CCCCCc3c(CCCCCCC4(C(=O)O)CC4)cc(C)c(C)c3C)C(=O)O)c2CCCCCCC2(C(=O)O)CC2)C(=O)O)c1. The average molecular weight is 1300 g/mol. The topological polar surface area (TPSA) is 224 Å². The summed E-state index contributed by atoms with van der Waals surface area (Å²) in [5, 5.41) is 60.8. The van der Waals surface area contributed by atoms with E-state index in [2.05, 4.69) is 65.0 Å². The molecule has 12 heteroatoms. The lowest BCUT2D eigenvalue weighted by Crippen LogP contribution is -2.19. The van der Waals surface area contributed by atoms with Crippen molar-refractivity contribution in [2.45, 2.75) is 324 Å². The van der Waals surface area contributed by atoms with Crippen molar-refractivity contribution in [1.82, 2.24) is 0 Å². The predicted octanol–water partition coefficient (Wildman–Crippen LogP) is 19.1. The summed E-state index contributed by atoms with van der Waals surface area (Å²) in [6, 6.07) is 11.5. The maximum atomic E-state index is 13.4. The van der Waals surface area contributed by atoms with Gasteiger partial charge in [-0.3, -0.25) is 28.8 Å². The zero-order valence-corrected chi connectivity index (χ0v) is 58.5. The van der Waals surface area contributed by atoms with Crippen molar-refractivity contribution in [3.8, 4) is 0 Å². The first-order chi connectivity index (χ1) is 44.9. The summed E-state index contributed by atoms with van der Waals surface area (Å²) in [6.07, 6.45) is 39.8. The molecule has 0 bridgehead atoms. The molecule has 3 aromatic rings. The minimum absolute atomic E-state index is 0.0619. The number of rotatable bonds is 49. The van der Waals surface area contributed by atoms with Crippen molar-refractivity contribution in [3.63, 3.8) is 0 Å². The quantitative estimate of drug-likeness (QED) is 0.0291. The highest BCUT2D eigenvalue weighted by Gasteiger charge is 2.60. The third kappa shape index (κ3) is 18.2. The van der Waals surface area contributed by atoms with E-state index in [1.54, 1.807) is 0 Å². The standard InChI is InChI=1S/C82H118O12/c1-56-49-61(27-16-12-24-38-80(47-48-80)74(89)90)69(31-17-7-10-22-36-78(43-44-78)72(85)86)64(50-56)53-66-55-82(66,76(93)94)40-25-13-19-29-67-57(2)33-34-63(70(67)32-18-8-11-23-37-79(45-46-79)73(87)88)52-65-54-81(65,75(91)92)39-26-14-20-30-68-60(5)59(4)58(3)51-62(68)28-15-6-9-21-35-77(41-42-77)71(83)84/h33-34,49-51,65-66H,6-32,35-48,52-55H2,1-5H3,(H,83,84)(H,85,86)(H,87,88)(H,89,90)(H,91,92)(H,93,94). The molecule has 0 saturated heterocycles. The monoisotopic (exact) mass is 1290 g/mol. The van der Waals surface area contributed by atoms with Crippen molar-refractivity contribution in [2.75, 3.05) is 0 Å². The number of hydrogen-bond donors (Lipinski definition) is 6. The number of carboxylic acids is 6. The Hall–Kier alpha value is -5.52. The van der Waals surface area contributed by atoms with Crippen molar-refractivity contribution < 1.29 is 59.4 Å². The van der Waals surface area contributed by atoms with Crippen LogP contribution < -0.4 is 0 Å². The highest BCUT2D eigenvalue weighted by Crippen LogP contribution is 2.60. The molecule has 518 valence electrons. The molecule has 6 aliphatic carbocycles. The Bertz CT molecular complexity index is 3170. The molecule has 9 rings (SSSR count). The van der Waals surface area contributed by atoms with E-state index in [-0.39, 0.29) is 11.8 Å². The van der Waals surface area contributed by atoms with Gasteiger partial charge in [0.15, 0.2) is 0 Å². The van der Waals surface area contributed by atoms with Crippen molar-refractivity contribution in [3.05, 3.63) is 103 Å². The Morgan fingerprint density at radius 1 is 0.319 bits per heavy atom. The van der Waals surface area contributed by atoms with Gasteiger partial charge in [-0.05, 0) is 306 Å². The lowest BCUT2D eigenvalue weighted by atomic mass is 9.85. The highest BCUT2D eigenvalue weighted by atomic mass is 16.4. The maximum Gasteiger partial charge on any atom is 0.309 e. The number of carboxylic acid groups (broad SMARTS) is 6. The number of carbonyl (C=O) groups is 6. The summed E-state index contributed by atoms with van der Waals surface area (Å²) >= 11 is 0. The predicted molar refractivity (Wildman–Crippen MR) is 371 cm³/mol. The van der Waals surface area contributed by atoms with E-state index in [0.29, 0.717) is 25.7 Å². The Morgan fingerprint density at radius 3 is 1.05 bits per heavy atom. The van der Waals surface area contributed by atoms with E-state index in [1.165, 1.54) is 72.3 Å². The first-order valence-electron chi connectivity index (χ1n) is 37.7. The number of unbranched alkanes of at least 4 members (excludes halogenated alkanes) is 15. The van der Waals surface area contributed by atoms with Gasteiger partial charge in [0, 0.05) is 0 Å². The van der Waals surface area contributed by atoms with Crippen LogP contribution in [0, 0.1) is 78.9 Å². The molecule has 0 spiro atoms. The van der Waals surface area contributed by atoms with E-state index in [1.807, 2.05) is 0 Å². The summed E-state index contributed by atoms with van der Waals surface area (Å²) in [4.78, 5) is 74.0. The molecule has 0 radical (unpaired) electrons. The molecule has 6 N–H and O–H groups in total. The first-order valence-corrected chi connectivity index (χ1v) is 37.7. The second-order valence-corrected chi connectivity index (χ2v) is 32.0. The molecular weight excluding hydrogens is 1180 g/mol. The van der Waals surface area contributed by atoms with Crippen LogP contribution in [0.5, 0.6) is 0 Å². The molecule has 6 saturated carbocycles. The fourth-order valence-electron chi connectivity index (χ4n) is 17.4. The average Bonchev–Trinajstić information content (AvgIpc) is 1.58. The third-order valence-corrected chi connectivity index (χ3v) is 25.4. The van der Waals surface area contributed by atoms with Gasteiger partial charge in [-0.2, -0.15) is 0 Å². The lowest BCUT2D eigenvalue weighted by molar-refractivity contribution is -0.145. The van der Waals surface area contributed by atoms with Crippen molar-refractivity contribution in [1.29, 1.82) is 0 Å². The van der Waals surface area contributed by atoms with Gasteiger partial charge in [0.2, 0.25) is 0 Å². The van der Waals surface area contributed by atoms with Crippen LogP contribution >= 0.6 is 0 Å². The fourth-order valence-corrected chi connectivity index (χ4v) is 17.4. The molecule has 6 aliphatic rings. The zero-order chi connectivity index (χ0) is 67.5. The molecule has 0 aliphatic heterocycles. The van der Waals surface area contributed by atoms with Gasteiger partial charge in [-0.25, -0.2) is 0 Å². The van der Waals surface area contributed by atoms with Crippen molar-refractivity contribution in [2.24, 2.45) is 44.3 Å². The molecule has 12 nitrogen and oxygen atoms in total. The zero-order valence-electron chi connectivity index (χ0n) is 58.5. The van der Waals surface area contributed by atoms with Gasteiger partial charge in [0.05, 0.1) is 32.5 Å². The normalized spacial score (nSPS) is 22.0. The second-order valence-electron chi connectivity index (χ2n) is 32.0. The Morgan fingerprint density at radius 2 is 0.649 bits per heavy atom. The molecule has 0 heterocycles. The Balaban J connectivity index is 0.794. The smallest absolute Gasteiger partial charge is 0.309 e. The van der Waals surface area contributed by atoms with Gasteiger partial charge >= 0.3 is 35.8 Å². The molecule has 6 fully saturated rings. The van der Waals surface area contributed by atoms with Crippen LogP contribution in [0.4, 0.5) is 0 Å². The van der Waals surface area contributed by atoms with Gasteiger partial charge in [0.25, 0.3) is 0 Å². The highest BCUT2D eigenvalue weighted by molar-refractivity contribution is 5.80. The third-order valence-electron chi connectivity index (χ3n) is 25.4. The maximum absolute atomic E-state index is 13.4. The molecule has 0 amide bonds. The minimum Gasteiger partial charge on any atom is -0.481 e. The Labute approximate surface area is 563 Å². The van der Waals surface area contributed by atoms with E-state index >= 15 is 0 Å². The van der Waals surface area contributed by atoms with Crippen LogP contribution in [0.3, 0.4) is 0 Å². The summed E-state index contributed by atoms with van der Waals surface area (Å²) < 4.78 is 0. The first kappa shape index (κ1) is 72.7. The molecule has 3 aromatic carbocycles. The Kier molecular flexibility index (Phi) is 24.6. The van der Waals surface area contributed by atoms with E-state index < -0.39 is 68.3 Å².